The van der Waals surface area contributed by atoms with Crippen molar-refractivity contribution in [3.8, 4) is 0 Å². The molecule has 0 atom stereocenters. The fraction of sp³-hybridized carbons (Fsp3) is 0.538. The Balaban J connectivity index is 2.33. The molecule has 0 fully saturated rings. The summed E-state index contributed by atoms with van der Waals surface area (Å²) in [7, 11) is 1.88. The number of hydrogen-bond acceptors (Lipinski definition) is 5. The number of carbonyl (C=O) groups is 1. The molecule has 0 aliphatic rings. The summed E-state index contributed by atoms with van der Waals surface area (Å²) in [5, 5.41) is 12.3. The van der Waals surface area contributed by atoms with E-state index < -0.39 is 5.97 Å². The van der Waals surface area contributed by atoms with Gasteiger partial charge < -0.3 is 9.30 Å². The lowest BCUT2D eigenvalue weighted by atomic mass is 10.2. The molecule has 0 aliphatic carbocycles. The lowest BCUT2D eigenvalue weighted by Gasteiger charge is -2.07. The van der Waals surface area contributed by atoms with Crippen LogP contribution in [0.4, 0.5) is 0 Å². The second-order valence-electron chi connectivity index (χ2n) is 4.51. The summed E-state index contributed by atoms with van der Waals surface area (Å²) in [6.45, 7) is 6.47. The van der Waals surface area contributed by atoms with Crippen molar-refractivity contribution >= 4 is 5.97 Å². The van der Waals surface area contributed by atoms with Crippen LogP contribution in [0.25, 0.3) is 0 Å². The number of aryl methyl sites for hydroxylation is 3. The summed E-state index contributed by atoms with van der Waals surface area (Å²) < 4.78 is 8.53. The van der Waals surface area contributed by atoms with Gasteiger partial charge >= 0.3 is 5.97 Å². The van der Waals surface area contributed by atoms with Crippen LogP contribution in [0.1, 0.15) is 41.5 Å². The Labute approximate surface area is 117 Å². The minimum atomic E-state index is -0.449. The molecular weight excluding hydrogens is 258 g/mol. The summed E-state index contributed by atoms with van der Waals surface area (Å²) in [6, 6.07) is 0. The molecule has 0 radical (unpaired) electrons. The Kier molecular flexibility index (Phi) is 4.16. The number of esters is 1. The van der Waals surface area contributed by atoms with Crippen molar-refractivity contribution in [2.75, 3.05) is 6.61 Å². The van der Waals surface area contributed by atoms with Crippen molar-refractivity contribution < 1.29 is 9.53 Å². The highest BCUT2D eigenvalue weighted by Crippen LogP contribution is 2.12. The second kappa shape index (κ2) is 5.85. The van der Waals surface area contributed by atoms with Gasteiger partial charge in [0.1, 0.15) is 5.82 Å². The largest absolute Gasteiger partial charge is 0.460 e. The van der Waals surface area contributed by atoms with Crippen molar-refractivity contribution in [3.63, 3.8) is 0 Å². The van der Waals surface area contributed by atoms with Crippen molar-refractivity contribution in [3.05, 3.63) is 29.1 Å². The molecule has 2 heterocycles. The minimum Gasteiger partial charge on any atom is -0.460 e. The maximum atomic E-state index is 11.9. The third-order valence-corrected chi connectivity index (χ3v) is 3.05. The average Bonchev–Trinajstić information content (AvgIpc) is 2.94. The molecule has 0 spiro atoms. The van der Waals surface area contributed by atoms with Crippen molar-refractivity contribution in [1.82, 2.24) is 24.5 Å². The molecule has 0 N–H and O–H groups in total. The average molecular weight is 277 g/mol. The molecule has 2 aromatic rings. The molecule has 7 nitrogen and oxygen atoms in total. The highest BCUT2D eigenvalue weighted by atomic mass is 16.5. The van der Waals surface area contributed by atoms with E-state index in [9.17, 15) is 4.79 Å². The number of nitrogens with zero attached hydrogens (tertiary/aromatic N) is 5. The highest BCUT2D eigenvalue weighted by Gasteiger charge is 2.19. The van der Waals surface area contributed by atoms with E-state index in [0.717, 1.165) is 17.7 Å². The smallest absolute Gasteiger partial charge is 0.376 e. The zero-order valence-electron chi connectivity index (χ0n) is 12.3. The molecule has 7 heteroatoms. The number of ether oxygens (including phenoxy) is 1. The first-order valence-electron chi connectivity index (χ1n) is 6.65. The first-order chi connectivity index (χ1) is 9.56. The monoisotopic (exact) mass is 277 g/mol. The molecule has 2 aromatic heterocycles. The van der Waals surface area contributed by atoms with Gasteiger partial charge in [-0.25, -0.2) is 4.79 Å². The molecule has 0 aromatic carbocycles. The zero-order valence-corrected chi connectivity index (χ0v) is 12.3. The predicted molar refractivity (Wildman–Crippen MR) is 72.4 cm³/mol. The Hall–Kier alpha value is -2.18. The van der Waals surface area contributed by atoms with Crippen LogP contribution in [0.3, 0.4) is 0 Å². The van der Waals surface area contributed by atoms with Crippen molar-refractivity contribution in [2.45, 2.75) is 33.7 Å². The van der Waals surface area contributed by atoms with Gasteiger partial charge in [-0.05, 0) is 20.3 Å². The molecule has 0 aliphatic heterocycles. The van der Waals surface area contributed by atoms with Crippen LogP contribution in [0.2, 0.25) is 0 Å². The molecule has 20 heavy (non-hydrogen) atoms. The molecule has 108 valence electrons. The topological polar surface area (TPSA) is 74.8 Å². The van der Waals surface area contributed by atoms with Crippen LogP contribution in [-0.4, -0.2) is 37.1 Å². The SMILES string of the molecule is CCOC(=O)c1nnc(C)n1Cc1cn(C)nc1CC. The van der Waals surface area contributed by atoms with Gasteiger partial charge in [-0.2, -0.15) is 5.10 Å². The first kappa shape index (κ1) is 14.2. The minimum absolute atomic E-state index is 0.232. The van der Waals surface area contributed by atoms with Gasteiger partial charge in [-0.15, -0.1) is 10.2 Å². The third kappa shape index (κ3) is 2.71. The van der Waals surface area contributed by atoms with E-state index in [0.29, 0.717) is 19.0 Å². The lowest BCUT2D eigenvalue weighted by Crippen LogP contribution is -2.15. The van der Waals surface area contributed by atoms with Gasteiger partial charge in [0.2, 0.25) is 5.82 Å². The third-order valence-electron chi connectivity index (χ3n) is 3.05. The van der Waals surface area contributed by atoms with Crippen molar-refractivity contribution in [1.29, 1.82) is 0 Å². The van der Waals surface area contributed by atoms with E-state index in [1.807, 2.05) is 20.2 Å². The molecule has 0 saturated carbocycles. The Morgan fingerprint density at radius 3 is 2.75 bits per heavy atom. The highest BCUT2D eigenvalue weighted by molar-refractivity contribution is 5.85. The molecule has 0 saturated heterocycles. The first-order valence-corrected chi connectivity index (χ1v) is 6.65. The summed E-state index contributed by atoms with van der Waals surface area (Å²) in [5.41, 5.74) is 2.07. The number of aromatic nitrogens is 5. The van der Waals surface area contributed by atoms with Crippen LogP contribution < -0.4 is 0 Å². The van der Waals surface area contributed by atoms with Gasteiger partial charge in [0.05, 0.1) is 18.8 Å². The van der Waals surface area contributed by atoms with Crippen LogP contribution >= 0.6 is 0 Å². The number of hydrogen-bond donors (Lipinski definition) is 0. The van der Waals surface area contributed by atoms with Crippen LogP contribution in [0, 0.1) is 6.92 Å². The molecule has 0 unspecified atom stereocenters. The van der Waals surface area contributed by atoms with E-state index in [1.165, 1.54) is 0 Å². The van der Waals surface area contributed by atoms with E-state index >= 15 is 0 Å². The summed E-state index contributed by atoms with van der Waals surface area (Å²) >= 11 is 0. The zero-order chi connectivity index (χ0) is 14.7. The van der Waals surface area contributed by atoms with Gasteiger partial charge in [-0.3, -0.25) is 4.68 Å². The predicted octanol–water partition coefficient (Wildman–Crippen LogP) is 1.11. The maximum Gasteiger partial charge on any atom is 0.376 e. The number of carbonyl (C=O) groups excluding carboxylic acids is 1. The van der Waals surface area contributed by atoms with E-state index in [4.69, 9.17) is 4.74 Å². The normalized spacial score (nSPS) is 10.8. The van der Waals surface area contributed by atoms with Crippen LogP contribution in [0.15, 0.2) is 6.20 Å². The maximum absolute atomic E-state index is 11.9. The molecular formula is C13H19N5O2. The van der Waals surface area contributed by atoms with Gasteiger partial charge in [0.15, 0.2) is 0 Å². The summed E-state index contributed by atoms with van der Waals surface area (Å²) in [5.74, 6) is 0.462. The van der Waals surface area contributed by atoms with Crippen LogP contribution in [0.5, 0.6) is 0 Å². The quantitative estimate of drug-likeness (QED) is 0.765. The van der Waals surface area contributed by atoms with Gasteiger partial charge in [0, 0.05) is 18.8 Å². The van der Waals surface area contributed by atoms with E-state index in [2.05, 4.69) is 22.2 Å². The lowest BCUT2D eigenvalue weighted by molar-refractivity contribution is 0.0506. The van der Waals surface area contributed by atoms with Crippen LogP contribution in [-0.2, 0) is 24.8 Å². The van der Waals surface area contributed by atoms with E-state index in [-0.39, 0.29) is 5.82 Å². The Morgan fingerprint density at radius 2 is 2.10 bits per heavy atom. The summed E-state index contributed by atoms with van der Waals surface area (Å²) in [6.07, 6.45) is 2.79. The summed E-state index contributed by atoms with van der Waals surface area (Å²) in [4.78, 5) is 11.9. The Bertz CT molecular complexity index is 614. The Morgan fingerprint density at radius 1 is 1.35 bits per heavy atom. The van der Waals surface area contributed by atoms with Crippen molar-refractivity contribution in [2.24, 2.45) is 7.05 Å². The fourth-order valence-electron chi connectivity index (χ4n) is 2.10. The molecule has 0 bridgehead atoms. The number of rotatable bonds is 5. The standard InChI is InChI=1S/C13H19N5O2/c1-5-11-10(7-17(4)16-11)8-18-9(3)14-15-12(18)13(19)20-6-2/h7H,5-6,8H2,1-4H3. The van der Waals surface area contributed by atoms with E-state index in [1.54, 1.807) is 16.2 Å². The molecule has 0 amide bonds. The fourth-order valence-corrected chi connectivity index (χ4v) is 2.10. The van der Waals surface area contributed by atoms with Gasteiger partial charge in [0.25, 0.3) is 0 Å². The second-order valence-corrected chi connectivity index (χ2v) is 4.51. The van der Waals surface area contributed by atoms with Gasteiger partial charge in [-0.1, -0.05) is 6.92 Å². The molecule has 2 rings (SSSR count).